The molecule has 6 nitrogen and oxygen atoms in total. The van der Waals surface area contributed by atoms with Gasteiger partial charge in [-0.2, -0.15) is 0 Å². The molecule has 27 heavy (non-hydrogen) atoms. The molecule has 142 valence electrons. The van der Waals surface area contributed by atoms with E-state index in [1.807, 2.05) is 20.8 Å². The number of amides is 1. The van der Waals surface area contributed by atoms with Crippen molar-refractivity contribution in [1.82, 2.24) is 0 Å². The molecule has 2 aromatic rings. The Morgan fingerprint density at radius 3 is 1.93 bits per heavy atom. The van der Waals surface area contributed by atoms with Crippen molar-refractivity contribution >= 4 is 23.5 Å². The first-order valence-corrected chi connectivity index (χ1v) is 8.66. The van der Waals surface area contributed by atoms with Crippen molar-refractivity contribution in [3.8, 4) is 0 Å². The Balaban J connectivity index is 1.82. The molecule has 6 heteroatoms. The van der Waals surface area contributed by atoms with E-state index in [9.17, 15) is 14.4 Å². The zero-order valence-corrected chi connectivity index (χ0v) is 15.7. The largest absolute Gasteiger partial charge is 0.462 e. The number of hydrogen-bond donors (Lipinski definition) is 1. The second-order valence-corrected chi connectivity index (χ2v) is 6.56. The van der Waals surface area contributed by atoms with Gasteiger partial charge in [0.2, 0.25) is 0 Å². The molecule has 2 aromatic carbocycles. The Morgan fingerprint density at radius 2 is 1.37 bits per heavy atom. The molecule has 0 saturated heterocycles. The van der Waals surface area contributed by atoms with Gasteiger partial charge in [-0.1, -0.05) is 31.5 Å². The van der Waals surface area contributed by atoms with Gasteiger partial charge in [0.05, 0.1) is 17.7 Å². The van der Waals surface area contributed by atoms with Crippen LogP contribution in [0.25, 0.3) is 0 Å². The van der Waals surface area contributed by atoms with Crippen molar-refractivity contribution < 1.29 is 23.9 Å². The van der Waals surface area contributed by atoms with Crippen LogP contribution in [0.5, 0.6) is 0 Å². The van der Waals surface area contributed by atoms with Gasteiger partial charge in [0.15, 0.2) is 6.61 Å². The maximum atomic E-state index is 11.9. The lowest BCUT2D eigenvalue weighted by atomic mass is 10.1. The first-order chi connectivity index (χ1) is 12.8. The van der Waals surface area contributed by atoms with Crippen LogP contribution < -0.4 is 5.32 Å². The van der Waals surface area contributed by atoms with Crippen LogP contribution in [0.3, 0.4) is 0 Å². The molecule has 1 N–H and O–H groups in total. The van der Waals surface area contributed by atoms with Crippen LogP contribution in [0.4, 0.5) is 5.69 Å². The fourth-order valence-electron chi connectivity index (χ4n) is 2.12. The molecular formula is C21H23NO5. The number of nitrogens with one attached hydrogen (secondary N) is 1. The fraction of sp³-hybridized carbons (Fsp3) is 0.286. The van der Waals surface area contributed by atoms with Crippen molar-refractivity contribution in [3.05, 3.63) is 65.2 Å². The molecule has 0 aliphatic rings. The zero-order valence-electron chi connectivity index (χ0n) is 15.7. The SMILES string of the molecule is Cc1ccc(C(=O)OCC(=O)Nc2ccc(C(=O)OCC(C)C)cc2)cc1. The Hall–Kier alpha value is -3.15. The molecule has 0 aliphatic carbocycles. The number of aryl methyl sites for hydroxylation is 1. The van der Waals surface area contributed by atoms with Gasteiger partial charge < -0.3 is 14.8 Å². The zero-order chi connectivity index (χ0) is 19.8. The third kappa shape index (κ3) is 6.58. The van der Waals surface area contributed by atoms with Crippen molar-refractivity contribution in [2.45, 2.75) is 20.8 Å². The van der Waals surface area contributed by atoms with Crippen molar-refractivity contribution in [2.24, 2.45) is 5.92 Å². The van der Waals surface area contributed by atoms with Crippen LogP contribution in [0, 0.1) is 12.8 Å². The van der Waals surface area contributed by atoms with Gasteiger partial charge in [-0.15, -0.1) is 0 Å². The molecule has 0 radical (unpaired) electrons. The summed E-state index contributed by atoms with van der Waals surface area (Å²) in [6, 6.07) is 13.2. The molecule has 0 unspecified atom stereocenters. The summed E-state index contributed by atoms with van der Waals surface area (Å²) in [6.45, 7) is 5.78. The molecule has 2 rings (SSSR count). The highest BCUT2D eigenvalue weighted by Crippen LogP contribution is 2.11. The molecule has 0 aromatic heterocycles. The van der Waals surface area contributed by atoms with Crippen LogP contribution >= 0.6 is 0 Å². The van der Waals surface area contributed by atoms with E-state index in [-0.39, 0.29) is 5.92 Å². The van der Waals surface area contributed by atoms with Crippen LogP contribution in [0.15, 0.2) is 48.5 Å². The normalized spacial score (nSPS) is 10.4. The Kier molecular flexibility index (Phi) is 7.11. The second-order valence-electron chi connectivity index (χ2n) is 6.56. The Bertz CT molecular complexity index is 794. The number of ether oxygens (including phenoxy) is 2. The molecule has 1 amide bonds. The third-order valence-electron chi connectivity index (χ3n) is 3.57. The predicted molar refractivity (Wildman–Crippen MR) is 102 cm³/mol. The van der Waals surface area contributed by atoms with Crippen LogP contribution in [0.2, 0.25) is 0 Å². The molecule has 0 aliphatic heterocycles. The lowest BCUT2D eigenvalue weighted by molar-refractivity contribution is -0.119. The van der Waals surface area contributed by atoms with Gasteiger partial charge in [0.25, 0.3) is 5.91 Å². The minimum atomic E-state index is -0.562. The first-order valence-electron chi connectivity index (χ1n) is 8.66. The summed E-state index contributed by atoms with van der Waals surface area (Å²) < 4.78 is 10.1. The summed E-state index contributed by atoms with van der Waals surface area (Å²) in [5.74, 6) is -1.18. The van der Waals surface area contributed by atoms with E-state index in [1.165, 1.54) is 0 Å². The van der Waals surface area contributed by atoms with Gasteiger partial charge in [-0.25, -0.2) is 9.59 Å². The maximum Gasteiger partial charge on any atom is 0.338 e. The summed E-state index contributed by atoms with van der Waals surface area (Å²) in [5.41, 5.74) is 2.31. The van der Waals surface area contributed by atoms with Crippen molar-refractivity contribution in [1.29, 1.82) is 0 Å². The van der Waals surface area contributed by atoms with Crippen LogP contribution in [0.1, 0.15) is 40.1 Å². The summed E-state index contributed by atoms with van der Waals surface area (Å²) in [7, 11) is 0. The van der Waals surface area contributed by atoms with Crippen molar-refractivity contribution in [2.75, 3.05) is 18.5 Å². The maximum absolute atomic E-state index is 11.9. The van der Waals surface area contributed by atoms with E-state index in [0.717, 1.165) is 5.56 Å². The lowest BCUT2D eigenvalue weighted by Crippen LogP contribution is -2.21. The van der Waals surface area contributed by atoms with Gasteiger partial charge in [-0.05, 0) is 49.2 Å². The highest BCUT2D eigenvalue weighted by Gasteiger charge is 2.11. The number of carbonyl (C=O) groups excluding carboxylic acids is 3. The number of anilines is 1. The van der Waals surface area contributed by atoms with Gasteiger partial charge >= 0.3 is 11.9 Å². The lowest BCUT2D eigenvalue weighted by Gasteiger charge is -2.09. The minimum Gasteiger partial charge on any atom is -0.462 e. The number of carbonyl (C=O) groups is 3. The van der Waals surface area contributed by atoms with Crippen molar-refractivity contribution in [3.63, 3.8) is 0 Å². The Labute approximate surface area is 158 Å². The molecule has 0 heterocycles. The summed E-state index contributed by atoms with van der Waals surface area (Å²) >= 11 is 0. The Morgan fingerprint density at radius 1 is 0.852 bits per heavy atom. The molecular weight excluding hydrogens is 346 g/mol. The average Bonchev–Trinajstić information content (AvgIpc) is 2.65. The summed E-state index contributed by atoms with van der Waals surface area (Å²) in [6.07, 6.45) is 0. The quantitative estimate of drug-likeness (QED) is 0.754. The number of benzene rings is 2. The van der Waals surface area contributed by atoms with E-state index in [4.69, 9.17) is 9.47 Å². The summed E-state index contributed by atoms with van der Waals surface area (Å²) in [4.78, 5) is 35.7. The molecule has 0 bridgehead atoms. The smallest absolute Gasteiger partial charge is 0.338 e. The van der Waals surface area contributed by atoms with Gasteiger partial charge in [0.1, 0.15) is 0 Å². The highest BCUT2D eigenvalue weighted by atomic mass is 16.5. The molecule has 0 atom stereocenters. The van der Waals surface area contributed by atoms with E-state index >= 15 is 0 Å². The monoisotopic (exact) mass is 369 g/mol. The molecule has 0 fully saturated rings. The number of rotatable bonds is 7. The van der Waals surface area contributed by atoms with E-state index in [2.05, 4.69) is 5.32 Å². The van der Waals surface area contributed by atoms with Gasteiger partial charge in [-0.3, -0.25) is 4.79 Å². The third-order valence-corrected chi connectivity index (χ3v) is 3.57. The topological polar surface area (TPSA) is 81.7 Å². The molecule has 0 spiro atoms. The van der Waals surface area contributed by atoms with Crippen LogP contribution in [-0.4, -0.2) is 31.1 Å². The van der Waals surface area contributed by atoms with Gasteiger partial charge in [0, 0.05) is 5.69 Å². The average molecular weight is 369 g/mol. The van der Waals surface area contributed by atoms with Crippen LogP contribution in [-0.2, 0) is 14.3 Å². The minimum absolute atomic E-state index is 0.259. The number of esters is 2. The summed E-state index contributed by atoms with van der Waals surface area (Å²) in [5, 5.41) is 2.61. The first kappa shape index (κ1) is 20.2. The molecule has 0 saturated carbocycles. The standard InChI is InChI=1S/C21H23NO5/c1-14(2)12-26-20(24)17-8-10-18(11-9-17)22-19(23)13-27-21(25)16-6-4-15(3)5-7-16/h4-11,14H,12-13H2,1-3H3,(H,22,23). The predicted octanol–water partition coefficient (Wildman–Crippen LogP) is 3.60. The van der Waals surface area contributed by atoms with E-state index in [0.29, 0.717) is 23.4 Å². The van der Waals surface area contributed by atoms with E-state index < -0.39 is 24.5 Å². The fourth-order valence-corrected chi connectivity index (χ4v) is 2.12. The second kappa shape index (κ2) is 9.52. The van der Waals surface area contributed by atoms with E-state index in [1.54, 1.807) is 48.5 Å². The highest BCUT2D eigenvalue weighted by molar-refractivity contribution is 5.96. The number of hydrogen-bond acceptors (Lipinski definition) is 5.